The van der Waals surface area contributed by atoms with Crippen LogP contribution in [0.15, 0.2) is 133 Å². The van der Waals surface area contributed by atoms with Gasteiger partial charge in [0.1, 0.15) is 0 Å². The minimum absolute atomic E-state index is 0.744. The van der Waals surface area contributed by atoms with Gasteiger partial charge in [-0.2, -0.15) is 0 Å². The van der Waals surface area contributed by atoms with Gasteiger partial charge in [0, 0.05) is 17.1 Å². The zero-order valence-electron chi connectivity index (χ0n) is 24.7. The lowest BCUT2D eigenvalue weighted by Gasteiger charge is -2.28. The lowest BCUT2D eigenvalue weighted by atomic mass is 9.77. The van der Waals surface area contributed by atoms with Gasteiger partial charge >= 0.3 is 0 Å². The van der Waals surface area contributed by atoms with Crippen molar-refractivity contribution in [3.8, 4) is 11.1 Å². The van der Waals surface area contributed by atoms with Crippen LogP contribution in [-0.4, -0.2) is 0 Å². The molecular formula is C41H41N. The third-order valence-corrected chi connectivity index (χ3v) is 8.82. The van der Waals surface area contributed by atoms with Crippen molar-refractivity contribution in [1.82, 2.24) is 0 Å². The molecule has 5 aromatic rings. The van der Waals surface area contributed by atoms with E-state index in [9.17, 15) is 0 Å². The Morgan fingerprint density at radius 3 is 1.48 bits per heavy atom. The molecule has 0 unspecified atom stereocenters. The van der Waals surface area contributed by atoms with Crippen LogP contribution in [0.4, 0.5) is 17.1 Å². The second kappa shape index (κ2) is 13.5. The first kappa shape index (κ1) is 27.8. The topological polar surface area (TPSA) is 3.24 Å². The molecule has 0 spiro atoms. The number of benzene rings is 5. The Labute approximate surface area is 252 Å². The molecule has 0 bridgehead atoms. The highest BCUT2D eigenvalue weighted by atomic mass is 15.1. The highest BCUT2D eigenvalue weighted by Gasteiger charge is 2.21. The normalized spacial score (nSPS) is 16.9. The Hall–Kier alpha value is -4.36. The third kappa shape index (κ3) is 6.74. The fourth-order valence-corrected chi connectivity index (χ4v) is 6.46. The van der Waals surface area contributed by atoms with Crippen LogP contribution in [-0.2, 0) is 0 Å². The van der Waals surface area contributed by atoms with Gasteiger partial charge in [0.25, 0.3) is 0 Å². The predicted octanol–water partition coefficient (Wildman–Crippen LogP) is 12.1. The van der Waals surface area contributed by atoms with Crippen LogP contribution < -0.4 is 4.90 Å². The molecule has 5 aromatic carbocycles. The minimum atomic E-state index is 0.744. The van der Waals surface area contributed by atoms with Crippen LogP contribution >= 0.6 is 0 Å². The number of anilines is 3. The van der Waals surface area contributed by atoms with E-state index in [0.717, 1.165) is 28.9 Å². The van der Waals surface area contributed by atoms with Crippen LogP contribution in [0.2, 0.25) is 0 Å². The summed E-state index contributed by atoms with van der Waals surface area (Å²) in [6, 6.07) is 48.1. The van der Waals surface area contributed by atoms with Crippen molar-refractivity contribution in [2.24, 2.45) is 5.92 Å². The third-order valence-electron chi connectivity index (χ3n) is 8.82. The lowest BCUT2D eigenvalue weighted by Crippen LogP contribution is -2.13. The second-order valence-electron chi connectivity index (χ2n) is 11.7. The van der Waals surface area contributed by atoms with Gasteiger partial charge < -0.3 is 4.90 Å². The molecule has 0 N–H and O–H groups in total. The monoisotopic (exact) mass is 547 g/mol. The van der Waals surface area contributed by atoms with E-state index in [1.54, 1.807) is 0 Å². The van der Waals surface area contributed by atoms with E-state index in [1.165, 1.54) is 66.3 Å². The van der Waals surface area contributed by atoms with Gasteiger partial charge in [0.2, 0.25) is 0 Å². The van der Waals surface area contributed by atoms with Crippen LogP contribution in [0.5, 0.6) is 0 Å². The number of nitrogens with zero attached hydrogens (tertiary/aromatic N) is 1. The number of para-hydroxylation sites is 2. The lowest BCUT2D eigenvalue weighted by molar-refractivity contribution is 0.308. The van der Waals surface area contributed by atoms with Gasteiger partial charge in [-0.25, -0.2) is 0 Å². The zero-order valence-corrected chi connectivity index (χ0v) is 24.7. The van der Waals surface area contributed by atoms with Crippen LogP contribution in [0.1, 0.15) is 68.1 Å². The summed E-state index contributed by atoms with van der Waals surface area (Å²) in [6.45, 7) is 2.32. The summed E-state index contributed by atoms with van der Waals surface area (Å²) in [6.07, 6.45) is 12.6. The predicted molar refractivity (Wildman–Crippen MR) is 182 cm³/mol. The Bertz CT molecular complexity index is 1500. The van der Waals surface area contributed by atoms with Crippen molar-refractivity contribution in [3.63, 3.8) is 0 Å². The minimum Gasteiger partial charge on any atom is -0.311 e. The Morgan fingerprint density at radius 1 is 0.524 bits per heavy atom. The van der Waals surface area contributed by atoms with Crippen molar-refractivity contribution in [1.29, 1.82) is 0 Å². The molecule has 0 heterocycles. The van der Waals surface area contributed by atoms with Gasteiger partial charge in [-0.15, -0.1) is 0 Å². The van der Waals surface area contributed by atoms with E-state index in [0.29, 0.717) is 0 Å². The molecule has 1 fully saturated rings. The van der Waals surface area contributed by atoms with Gasteiger partial charge in [-0.3, -0.25) is 0 Å². The summed E-state index contributed by atoms with van der Waals surface area (Å²) >= 11 is 0. The number of rotatable bonds is 9. The Morgan fingerprint density at radius 2 is 0.976 bits per heavy atom. The van der Waals surface area contributed by atoms with Crippen molar-refractivity contribution in [3.05, 3.63) is 150 Å². The average Bonchev–Trinajstić information content (AvgIpc) is 3.06. The highest BCUT2D eigenvalue weighted by molar-refractivity contribution is 5.78. The first-order valence-electron chi connectivity index (χ1n) is 15.7. The molecule has 210 valence electrons. The molecule has 0 aromatic heterocycles. The summed E-state index contributed by atoms with van der Waals surface area (Å²) in [5.41, 5.74) is 9.93. The molecule has 0 atom stereocenters. The van der Waals surface area contributed by atoms with Crippen LogP contribution in [0, 0.1) is 5.92 Å². The van der Waals surface area contributed by atoms with Crippen LogP contribution in [0.3, 0.4) is 0 Å². The molecule has 0 amide bonds. The quantitative estimate of drug-likeness (QED) is 0.166. The molecule has 0 saturated heterocycles. The fourth-order valence-electron chi connectivity index (χ4n) is 6.46. The molecule has 6 rings (SSSR count). The van der Waals surface area contributed by atoms with Gasteiger partial charge in [0.15, 0.2) is 0 Å². The fraction of sp³-hybridized carbons (Fsp3) is 0.220. The molecule has 1 saturated carbocycles. The molecule has 1 aliphatic carbocycles. The van der Waals surface area contributed by atoms with Crippen molar-refractivity contribution in [2.45, 2.75) is 51.4 Å². The van der Waals surface area contributed by atoms with Crippen molar-refractivity contribution < 1.29 is 0 Å². The van der Waals surface area contributed by atoms with E-state index in [4.69, 9.17) is 0 Å². The molecule has 0 radical (unpaired) electrons. The number of hydrogen-bond donors (Lipinski definition) is 0. The average molecular weight is 548 g/mol. The Balaban J connectivity index is 1.10. The summed E-state index contributed by atoms with van der Waals surface area (Å²) < 4.78 is 0. The van der Waals surface area contributed by atoms with E-state index < -0.39 is 0 Å². The van der Waals surface area contributed by atoms with Crippen molar-refractivity contribution in [2.75, 3.05) is 4.90 Å². The zero-order chi connectivity index (χ0) is 28.6. The molecule has 0 aliphatic heterocycles. The molecule has 1 nitrogen and oxygen atoms in total. The highest BCUT2D eigenvalue weighted by Crippen LogP contribution is 2.38. The maximum absolute atomic E-state index is 2.37. The van der Waals surface area contributed by atoms with Gasteiger partial charge in [-0.05, 0) is 102 Å². The first-order chi connectivity index (χ1) is 20.8. The first-order valence-corrected chi connectivity index (χ1v) is 15.7. The van der Waals surface area contributed by atoms with E-state index in [1.807, 2.05) is 0 Å². The smallest absolute Gasteiger partial charge is 0.0462 e. The molecule has 1 aliphatic rings. The number of hydrogen-bond acceptors (Lipinski definition) is 1. The molecular weight excluding hydrogens is 506 g/mol. The molecule has 1 heteroatoms. The molecule has 42 heavy (non-hydrogen) atoms. The van der Waals surface area contributed by atoms with Crippen molar-refractivity contribution >= 4 is 29.2 Å². The maximum atomic E-state index is 2.37. The van der Waals surface area contributed by atoms with Crippen LogP contribution in [0.25, 0.3) is 23.3 Å². The Kier molecular flexibility index (Phi) is 8.96. The standard InChI is InChI=1S/C41H41N/c1-2-9-32-16-22-35(23-17-32)37-26-28-38(29-27-37)36-24-18-33(19-25-36)14-15-34-20-30-41(31-21-34)42(39-10-5-3-6-11-39)40-12-7-4-8-13-40/h3-8,10-15,18-21,24-32,35H,2,9,16-17,22-23H2,1H3/b15-14+. The van der Waals surface area contributed by atoms with E-state index in [2.05, 4.69) is 157 Å². The summed E-state index contributed by atoms with van der Waals surface area (Å²) in [5, 5.41) is 0. The summed E-state index contributed by atoms with van der Waals surface area (Å²) in [4.78, 5) is 2.29. The largest absolute Gasteiger partial charge is 0.311 e. The maximum Gasteiger partial charge on any atom is 0.0462 e. The SMILES string of the molecule is CCCC1CCC(c2ccc(-c3ccc(/C=C/c4ccc(N(c5ccccc5)c5ccccc5)cc4)cc3)cc2)CC1. The summed E-state index contributed by atoms with van der Waals surface area (Å²) in [5.74, 6) is 1.70. The second-order valence-corrected chi connectivity index (χ2v) is 11.7. The van der Waals surface area contributed by atoms with E-state index >= 15 is 0 Å². The van der Waals surface area contributed by atoms with Gasteiger partial charge in [0.05, 0.1) is 0 Å². The summed E-state index contributed by atoms with van der Waals surface area (Å²) in [7, 11) is 0. The van der Waals surface area contributed by atoms with E-state index in [-0.39, 0.29) is 0 Å². The van der Waals surface area contributed by atoms with Gasteiger partial charge in [-0.1, -0.05) is 129 Å².